The van der Waals surface area contributed by atoms with E-state index < -0.39 is 0 Å². The highest BCUT2D eigenvalue weighted by Gasteiger charge is 2.11. The molecule has 120 valence electrons. The van der Waals surface area contributed by atoms with Crippen molar-refractivity contribution < 1.29 is 4.79 Å². The van der Waals surface area contributed by atoms with Crippen molar-refractivity contribution in [2.24, 2.45) is 0 Å². The molecule has 0 saturated heterocycles. The summed E-state index contributed by atoms with van der Waals surface area (Å²) in [6, 6.07) is 17.0. The standard InChI is InChI=1S/C19H18N4O/c1-13-7-6-10-16(14(13)2)22-18(24)17-11-12-20-19(23-17)21-15-8-4-3-5-9-15/h3-12H,1-2H3,(H,22,24)(H,20,21,23). The monoisotopic (exact) mass is 318 g/mol. The van der Waals surface area contributed by atoms with E-state index in [1.165, 1.54) is 0 Å². The molecule has 5 nitrogen and oxygen atoms in total. The van der Waals surface area contributed by atoms with Gasteiger partial charge in [0, 0.05) is 17.6 Å². The zero-order chi connectivity index (χ0) is 16.9. The number of anilines is 3. The van der Waals surface area contributed by atoms with Gasteiger partial charge in [-0.3, -0.25) is 4.79 Å². The van der Waals surface area contributed by atoms with Crippen LogP contribution in [-0.4, -0.2) is 15.9 Å². The molecule has 24 heavy (non-hydrogen) atoms. The molecule has 0 aliphatic carbocycles. The van der Waals surface area contributed by atoms with Gasteiger partial charge in [-0.25, -0.2) is 9.97 Å². The van der Waals surface area contributed by atoms with Crippen molar-refractivity contribution in [1.82, 2.24) is 9.97 Å². The third-order valence-corrected chi connectivity index (χ3v) is 3.77. The van der Waals surface area contributed by atoms with Gasteiger partial charge in [-0.05, 0) is 49.2 Å². The minimum atomic E-state index is -0.262. The zero-order valence-electron chi connectivity index (χ0n) is 13.6. The quantitative estimate of drug-likeness (QED) is 0.760. The lowest BCUT2D eigenvalue weighted by Crippen LogP contribution is -2.15. The molecule has 0 atom stereocenters. The Balaban J connectivity index is 1.78. The van der Waals surface area contributed by atoms with Gasteiger partial charge in [0.05, 0.1) is 0 Å². The van der Waals surface area contributed by atoms with E-state index in [-0.39, 0.29) is 5.91 Å². The van der Waals surface area contributed by atoms with E-state index in [0.29, 0.717) is 11.6 Å². The fourth-order valence-electron chi connectivity index (χ4n) is 2.27. The highest BCUT2D eigenvalue weighted by atomic mass is 16.1. The third-order valence-electron chi connectivity index (χ3n) is 3.77. The average Bonchev–Trinajstić information content (AvgIpc) is 2.60. The summed E-state index contributed by atoms with van der Waals surface area (Å²) < 4.78 is 0. The zero-order valence-corrected chi connectivity index (χ0v) is 13.6. The minimum absolute atomic E-state index is 0.262. The lowest BCUT2D eigenvalue weighted by Gasteiger charge is -2.10. The largest absolute Gasteiger partial charge is 0.324 e. The Hall–Kier alpha value is -3.21. The van der Waals surface area contributed by atoms with Crippen molar-refractivity contribution in [1.29, 1.82) is 0 Å². The highest BCUT2D eigenvalue weighted by molar-refractivity contribution is 6.03. The number of rotatable bonds is 4. The van der Waals surface area contributed by atoms with Crippen LogP contribution >= 0.6 is 0 Å². The van der Waals surface area contributed by atoms with Gasteiger partial charge in [-0.1, -0.05) is 30.3 Å². The van der Waals surface area contributed by atoms with Gasteiger partial charge in [0.1, 0.15) is 5.69 Å². The smallest absolute Gasteiger partial charge is 0.274 e. The van der Waals surface area contributed by atoms with Crippen molar-refractivity contribution in [3.63, 3.8) is 0 Å². The molecule has 0 aliphatic rings. The number of carbonyl (C=O) groups excluding carboxylic acids is 1. The van der Waals surface area contributed by atoms with Gasteiger partial charge in [0.2, 0.25) is 5.95 Å². The van der Waals surface area contributed by atoms with Crippen LogP contribution in [0.4, 0.5) is 17.3 Å². The van der Waals surface area contributed by atoms with Crippen molar-refractivity contribution in [3.05, 3.63) is 77.6 Å². The summed E-state index contributed by atoms with van der Waals surface area (Å²) in [5.41, 5.74) is 4.13. The average molecular weight is 318 g/mol. The van der Waals surface area contributed by atoms with Crippen LogP contribution in [0.15, 0.2) is 60.8 Å². The van der Waals surface area contributed by atoms with E-state index in [2.05, 4.69) is 20.6 Å². The Morgan fingerprint density at radius 2 is 1.75 bits per heavy atom. The molecule has 2 aromatic carbocycles. The Bertz CT molecular complexity index is 862. The maximum absolute atomic E-state index is 12.5. The van der Waals surface area contributed by atoms with Crippen LogP contribution in [-0.2, 0) is 0 Å². The third kappa shape index (κ3) is 3.57. The fraction of sp³-hybridized carbons (Fsp3) is 0.105. The predicted molar refractivity (Wildman–Crippen MR) is 95.6 cm³/mol. The second-order valence-electron chi connectivity index (χ2n) is 5.46. The molecule has 0 aliphatic heterocycles. The van der Waals surface area contributed by atoms with Gasteiger partial charge >= 0.3 is 0 Å². The van der Waals surface area contributed by atoms with Crippen molar-refractivity contribution >= 4 is 23.2 Å². The van der Waals surface area contributed by atoms with E-state index in [4.69, 9.17) is 0 Å². The fourth-order valence-corrected chi connectivity index (χ4v) is 2.27. The van der Waals surface area contributed by atoms with Crippen LogP contribution in [0, 0.1) is 13.8 Å². The molecule has 0 unspecified atom stereocenters. The van der Waals surface area contributed by atoms with Crippen molar-refractivity contribution in [2.75, 3.05) is 10.6 Å². The number of carbonyl (C=O) groups is 1. The Morgan fingerprint density at radius 1 is 0.958 bits per heavy atom. The molecule has 0 fully saturated rings. The van der Waals surface area contributed by atoms with Crippen LogP contribution in [0.1, 0.15) is 21.6 Å². The first-order chi connectivity index (χ1) is 11.6. The van der Waals surface area contributed by atoms with Crippen LogP contribution < -0.4 is 10.6 Å². The number of aromatic nitrogens is 2. The van der Waals surface area contributed by atoms with Gasteiger partial charge < -0.3 is 10.6 Å². The second kappa shape index (κ2) is 6.91. The summed E-state index contributed by atoms with van der Waals surface area (Å²) in [6.07, 6.45) is 1.57. The highest BCUT2D eigenvalue weighted by Crippen LogP contribution is 2.19. The summed E-state index contributed by atoms with van der Waals surface area (Å²) in [5.74, 6) is 0.122. The van der Waals surface area contributed by atoms with E-state index in [0.717, 1.165) is 22.5 Å². The number of nitrogens with one attached hydrogen (secondary N) is 2. The van der Waals surface area contributed by atoms with E-state index in [9.17, 15) is 4.79 Å². The topological polar surface area (TPSA) is 66.9 Å². The molecule has 0 saturated carbocycles. The van der Waals surface area contributed by atoms with Crippen LogP contribution in [0.2, 0.25) is 0 Å². The van der Waals surface area contributed by atoms with Gasteiger partial charge in [-0.2, -0.15) is 0 Å². The Kier molecular flexibility index (Phi) is 4.52. The molecule has 1 heterocycles. The summed E-state index contributed by atoms with van der Waals surface area (Å²) in [6.45, 7) is 3.99. The normalized spacial score (nSPS) is 10.2. The van der Waals surface area contributed by atoms with Crippen LogP contribution in [0.25, 0.3) is 0 Å². The number of hydrogen-bond donors (Lipinski definition) is 2. The molecule has 2 N–H and O–H groups in total. The molecule has 1 aromatic heterocycles. The van der Waals surface area contributed by atoms with E-state index >= 15 is 0 Å². The van der Waals surface area contributed by atoms with Gasteiger partial charge in [0.15, 0.2) is 0 Å². The number of amides is 1. The molecular formula is C19H18N4O. The molecule has 1 amide bonds. The van der Waals surface area contributed by atoms with Crippen LogP contribution in [0.3, 0.4) is 0 Å². The van der Waals surface area contributed by atoms with Gasteiger partial charge in [0.25, 0.3) is 5.91 Å². The molecule has 5 heteroatoms. The lowest BCUT2D eigenvalue weighted by molar-refractivity contribution is 0.102. The molecule has 3 rings (SSSR count). The van der Waals surface area contributed by atoms with Crippen molar-refractivity contribution in [3.8, 4) is 0 Å². The maximum atomic E-state index is 12.5. The first-order valence-corrected chi connectivity index (χ1v) is 7.66. The number of aryl methyl sites for hydroxylation is 1. The maximum Gasteiger partial charge on any atom is 0.274 e. The number of para-hydroxylation sites is 1. The van der Waals surface area contributed by atoms with Crippen LogP contribution in [0.5, 0.6) is 0 Å². The van der Waals surface area contributed by atoms with E-state index in [1.54, 1.807) is 12.3 Å². The molecule has 0 spiro atoms. The summed E-state index contributed by atoms with van der Waals surface area (Å²) >= 11 is 0. The van der Waals surface area contributed by atoms with Crippen molar-refractivity contribution in [2.45, 2.75) is 13.8 Å². The Labute approximate surface area is 140 Å². The number of benzene rings is 2. The lowest BCUT2D eigenvalue weighted by atomic mass is 10.1. The predicted octanol–water partition coefficient (Wildman–Crippen LogP) is 4.09. The number of hydrogen-bond acceptors (Lipinski definition) is 4. The first-order valence-electron chi connectivity index (χ1n) is 7.66. The minimum Gasteiger partial charge on any atom is -0.324 e. The SMILES string of the molecule is Cc1cccc(NC(=O)c2ccnc(Nc3ccccc3)n2)c1C. The Morgan fingerprint density at radius 3 is 2.54 bits per heavy atom. The molecule has 3 aromatic rings. The summed E-state index contributed by atoms with van der Waals surface area (Å²) in [4.78, 5) is 20.9. The molecular weight excluding hydrogens is 300 g/mol. The number of nitrogens with zero attached hydrogens (tertiary/aromatic N) is 2. The second-order valence-corrected chi connectivity index (χ2v) is 5.46. The summed E-state index contributed by atoms with van der Waals surface area (Å²) in [5, 5.41) is 5.98. The van der Waals surface area contributed by atoms with E-state index in [1.807, 2.05) is 62.4 Å². The molecule has 0 bridgehead atoms. The summed E-state index contributed by atoms with van der Waals surface area (Å²) in [7, 11) is 0. The first kappa shape index (κ1) is 15.7. The molecule has 0 radical (unpaired) electrons. The van der Waals surface area contributed by atoms with Gasteiger partial charge in [-0.15, -0.1) is 0 Å².